The van der Waals surface area contributed by atoms with Gasteiger partial charge in [-0.1, -0.05) is 32.0 Å². The van der Waals surface area contributed by atoms with Gasteiger partial charge in [-0.3, -0.25) is 14.4 Å². The molecule has 0 spiro atoms. The first kappa shape index (κ1) is 27.8. The van der Waals surface area contributed by atoms with Gasteiger partial charge in [0, 0.05) is 23.5 Å². The molecule has 0 radical (unpaired) electrons. The Morgan fingerprint density at radius 3 is 2.29 bits per heavy atom. The zero-order valence-corrected chi connectivity index (χ0v) is 20.2. The summed E-state index contributed by atoms with van der Waals surface area (Å²) in [5.74, 6) is -3.20. The summed E-state index contributed by atoms with van der Waals surface area (Å²) in [5.41, 5.74) is 12.7. The second-order valence-corrected chi connectivity index (χ2v) is 8.80. The van der Waals surface area contributed by atoms with Gasteiger partial charge < -0.3 is 37.5 Å². The highest BCUT2D eigenvalue weighted by molar-refractivity contribution is 5.94. The maximum Gasteiger partial charge on any atom is 0.326 e. The fourth-order valence-corrected chi connectivity index (χ4v) is 3.78. The number of nitrogens with one attached hydrogen (secondary N) is 4. The van der Waals surface area contributed by atoms with E-state index in [1.807, 2.05) is 24.3 Å². The summed E-state index contributed by atoms with van der Waals surface area (Å²) in [4.78, 5) is 53.0. The van der Waals surface area contributed by atoms with Gasteiger partial charge in [-0.25, -0.2) is 4.79 Å². The first-order chi connectivity index (χ1) is 16.7. The molecule has 0 fully saturated rings. The highest BCUT2D eigenvalue weighted by Crippen LogP contribution is 2.19. The number of amides is 3. The lowest BCUT2D eigenvalue weighted by atomic mass is 10.0. The molecular formula is C24H36N6O5. The highest BCUT2D eigenvalue weighted by atomic mass is 16.4. The van der Waals surface area contributed by atoms with Crippen LogP contribution in [0.15, 0.2) is 30.5 Å². The Morgan fingerprint density at radius 2 is 1.66 bits per heavy atom. The van der Waals surface area contributed by atoms with Crippen molar-refractivity contribution < 1.29 is 24.3 Å². The van der Waals surface area contributed by atoms with Crippen molar-refractivity contribution in [3.8, 4) is 0 Å². The van der Waals surface area contributed by atoms with E-state index < -0.39 is 41.8 Å². The van der Waals surface area contributed by atoms with Gasteiger partial charge in [0.2, 0.25) is 17.7 Å². The molecule has 0 aliphatic rings. The minimum Gasteiger partial charge on any atom is -0.480 e. The maximum atomic E-state index is 13.3. The summed E-state index contributed by atoms with van der Waals surface area (Å²) >= 11 is 0. The molecule has 2 rings (SSSR count). The normalized spacial score (nSPS) is 13.7. The van der Waals surface area contributed by atoms with Gasteiger partial charge >= 0.3 is 5.97 Å². The number of aromatic amines is 1. The van der Waals surface area contributed by atoms with Crippen LogP contribution in [-0.2, 0) is 25.6 Å². The second-order valence-electron chi connectivity index (χ2n) is 8.80. The third kappa shape index (κ3) is 8.08. The number of carboxylic acid groups (broad SMARTS) is 1. The number of fused-ring (bicyclic) bond motifs is 1. The zero-order chi connectivity index (χ0) is 26.0. The molecule has 0 saturated carbocycles. The summed E-state index contributed by atoms with van der Waals surface area (Å²) in [7, 11) is 0. The molecule has 1 aromatic carbocycles. The Morgan fingerprint density at radius 1 is 0.971 bits per heavy atom. The van der Waals surface area contributed by atoms with Gasteiger partial charge in [-0.2, -0.15) is 0 Å². The number of aliphatic carboxylic acids is 1. The minimum atomic E-state index is -1.16. The largest absolute Gasteiger partial charge is 0.480 e. The van der Waals surface area contributed by atoms with Gasteiger partial charge in [0.25, 0.3) is 0 Å². The number of para-hydroxylation sites is 1. The lowest BCUT2D eigenvalue weighted by molar-refractivity contribution is -0.143. The van der Waals surface area contributed by atoms with Crippen LogP contribution in [0.1, 0.15) is 38.7 Å². The molecule has 3 amide bonds. The molecular weight excluding hydrogens is 452 g/mol. The van der Waals surface area contributed by atoms with E-state index in [4.69, 9.17) is 11.5 Å². The number of carbonyl (C=O) groups is 4. The molecule has 35 heavy (non-hydrogen) atoms. The van der Waals surface area contributed by atoms with E-state index in [1.54, 1.807) is 20.0 Å². The lowest BCUT2D eigenvalue weighted by Crippen LogP contribution is -2.57. The Balaban J connectivity index is 2.23. The highest BCUT2D eigenvalue weighted by Gasteiger charge is 2.30. The van der Waals surface area contributed by atoms with Crippen LogP contribution >= 0.6 is 0 Å². The van der Waals surface area contributed by atoms with Crippen LogP contribution < -0.4 is 27.4 Å². The van der Waals surface area contributed by atoms with Crippen LogP contribution in [0.5, 0.6) is 0 Å². The number of aromatic nitrogens is 1. The SMILES string of the molecule is CC(C)C(NC(=O)C(CCCCN)NC(=O)C(Cc1c[nH]c2ccccc12)NC(=O)CN)C(=O)O. The molecule has 11 nitrogen and oxygen atoms in total. The number of H-pyrrole nitrogens is 1. The first-order valence-corrected chi connectivity index (χ1v) is 11.8. The molecule has 0 saturated heterocycles. The Labute approximate surface area is 204 Å². The molecule has 0 aliphatic heterocycles. The molecule has 1 aromatic heterocycles. The van der Waals surface area contributed by atoms with Crippen LogP contribution in [0.3, 0.4) is 0 Å². The predicted octanol–water partition coefficient (Wildman–Crippen LogP) is -0.00690. The topological polar surface area (TPSA) is 192 Å². The monoisotopic (exact) mass is 488 g/mol. The van der Waals surface area contributed by atoms with Crippen molar-refractivity contribution >= 4 is 34.6 Å². The average molecular weight is 489 g/mol. The molecule has 9 N–H and O–H groups in total. The van der Waals surface area contributed by atoms with Crippen LogP contribution in [0, 0.1) is 5.92 Å². The average Bonchev–Trinajstić information content (AvgIpc) is 3.23. The van der Waals surface area contributed by atoms with E-state index >= 15 is 0 Å². The van der Waals surface area contributed by atoms with E-state index in [0.717, 1.165) is 16.5 Å². The van der Waals surface area contributed by atoms with Gasteiger partial charge in [0.05, 0.1) is 6.54 Å². The number of nitrogens with two attached hydrogens (primary N) is 2. The van der Waals surface area contributed by atoms with Gasteiger partial charge in [-0.15, -0.1) is 0 Å². The molecule has 0 bridgehead atoms. The standard InChI is InChI=1S/C24H36N6O5/c1-14(2)21(24(34)35)30-22(32)18(9-5-6-10-25)29-23(33)19(28-20(31)12-26)11-15-13-27-17-8-4-3-7-16(15)17/h3-4,7-8,13-14,18-19,21,27H,5-6,9-12,25-26H2,1-2H3,(H,28,31)(H,29,33)(H,30,32)(H,34,35). The van der Waals surface area contributed by atoms with Crippen molar-refractivity contribution in [3.63, 3.8) is 0 Å². The lowest BCUT2D eigenvalue weighted by Gasteiger charge is -2.25. The van der Waals surface area contributed by atoms with Crippen LogP contribution in [0.2, 0.25) is 0 Å². The number of carboxylic acids is 1. The van der Waals surface area contributed by atoms with Gasteiger partial charge in [-0.05, 0) is 43.4 Å². The quantitative estimate of drug-likeness (QED) is 0.182. The molecule has 3 unspecified atom stereocenters. The summed E-state index contributed by atoms with van der Waals surface area (Å²) in [6.07, 6.45) is 3.39. The second kappa shape index (κ2) is 13.4. The summed E-state index contributed by atoms with van der Waals surface area (Å²) in [6.45, 7) is 3.48. The van der Waals surface area contributed by atoms with E-state index in [2.05, 4.69) is 20.9 Å². The number of rotatable bonds is 14. The van der Waals surface area contributed by atoms with Crippen LogP contribution in [0.4, 0.5) is 0 Å². The van der Waals surface area contributed by atoms with Gasteiger partial charge in [0.1, 0.15) is 18.1 Å². The molecule has 2 aromatic rings. The smallest absolute Gasteiger partial charge is 0.326 e. The molecule has 1 heterocycles. The predicted molar refractivity (Wildman–Crippen MR) is 132 cm³/mol. The zero-order valence-electron chi connectivity index (χ0n) is 20.2. The van der Waals surface area contributed by atoms with E-state index in [0.29, 0.717) is 19.4 Å². The van der Waals surface area contributed by atoms with Crippen molar-refractivity contribution in [2.75, 3.05) is 13.1 Å². The van der Waals surface area contributed by atoms with Gasteiger partial charge in [0.15, 0.2) is 0 Å². The first-order valence-electron chi connectivity index (χ1n) is 11.8. The Hall–Kier alpha value is -3.44. The van der Waals surface area contributed by atoms with Crippen molar-refractivity contribution in [1.29, 1.82) is 0 Å². The number of unbranched alkanes of at least 4 members (excludes halogenated alkanes) is 1. The van der Waals surface area contributed by atoms with Crippen molar-refractivity contribution in [3.05, 3.63) is 36.0 Å². The molecule has 192 valence electrons. The Kier molecular flexibility index (Phi) is 10.7. The fourth-order valence-electron chi connectivity index (χ4n) is 3.78. The summed E-state index contributed by atoms with van der Waals surface area (Å²) < 4.78 is 0. The van der Waals surface area contributed by atoms with E-state index in [1.165, 1.54) is 0 Å². The van der Waals surface area contributed by atoms with Crippen molar-refractivity contribution in [2.45, 2.75) is 57.7 Å². The van der Waals surface area contributed by atoms with Crippen LogP contribution in [0.25, 0.3) is 10.9 Å². The fraction of sp³-hybridized carbons (Fsp3) is 0.500. The van der Waals surface area contributed by atoms with Crippen molar-refractivity contribution in [2.24, 2.45) is 17.4 Å². The third-order valence-electron chi connectivity index (χ3n) is 5.75. The number of hydrogen-bond acceptors (Lipinski definition) is 6. The van der Waals surface area contributed by atoms with E-state index in [9.17, 15) is 24.3 Å². The summed E-state index contributed by atoms with van der Waals surface area (Å²) in [5, 5.41) is 18.2. The maximum absolute atomic E-state index is 13.3. The molecule has 11 heteroatoms. The van der Waals surface area contributed by atoms with E-state index in [-0.39, 0.29) is 25.3 Å². The number of benzene rings is 1. The molecule has 0 aliphatic carbocycles. The number of carbonyl (C=O) groups excluding carboxylic acids is 3. The minimum absolute atomic E-state index is 0.169. The summed E-state index contributed by atoms with van der Waals surface area (Å²) in [6, 6.07) is 4.48. The van der Waals surface area contributed by atoms with Crippen molar-refractivity contribution in [1.82, 2.24) is 20.9 Å². The number of hydrogen-bond donors (Lipinski definition) is 7. The van der Waals surface area contributed by atoms with Crippen LogP contribution in [-0.4, -0.2) is 65.0 Å². The third-order valence-corrected chi connectivity index (χ3v) is 5.75. The Bertz CT molecular complexity index is 1020. The molecule has 3 atom stereocenters.